The van der Waals surface area contributed by atoms with E-state index in [4.69, 9.17) is 13.3 Å². The van der Waals surface area contributed by atoms with E-state index in [-0.39, 0.29) is 23.4 Å². The second-order valence-corrected chi connectivity index (χ2v) is 9.89. The van der Waals surface area contributed by atoms with Gasteiger partial charge in [-0.25, -0.2) is 0 Å². The summed E-state index contributed by atoms with van der Waals surface area (Å²) in [4.78, 5) is 0. The van der Waals surface area contributed by atoms with Gasteiger partial charge in [-0.2, -0.15) is 0 Å². The summed E-state index contributed by atoms with van der Waals surface area (Å²) in [5, 5.41) is 0.0104. The average Bonchev–Trinajstić information content (AvgIpc) is 2.86. The van der Waals surface area contributed by atoms with Crippen molar-refractivity contribution in [2.45, 2.75) is 84.2 Å². The lowest BCUT2D eigenvalue weighted by molar-refractivity contribution is -0.0125. The summed E-state index contributed by atoms with van der Waals surface area (Å²) in [6.45, 7) is 12.5. The molecular formula is C16H30O3Si. The SMILES string of the molecule is CC(C)O[Si](OC(C)C)(OC(C)C)C12C=CC(CC1)C2. The van der Waals surface area contributed by atoms with E-state index in [2.05, 4.69) is 53.7 Å². The van der Waals surface area contributed by atoms with Gasteiger partial charge in [0.2, 0.25) is 0 Å². The lowest BCUT2D eigenvalue weighted by Crippen LogP contribution is -2.58. The van der Waals surface area contributed by atoms with Gasteiger partial charge in [0.05, 0.1) is 5.04 Å². The molecule has 2 bridgehead atoms. The number of hydrogen-bond donors (Lipinski definition) is 0. The van der Waals surface area contributed by atoms with Crippen LogP contribution in [0.2, 0.25) is 5.04 Å². The molecule has 2 atom stereocenters. The zero-order valence-electron chi connectivity index (χ0n) is 13.8. The standard InChI is InChI=1S/C16H30O3Si/c1-12(2)17-20(18-13(3)4,19-14(5)6)16-9-7-15(11-16)8-10-16/h7,9,12-15H,8,10-11H2,1-6H3. The molecule has 0 aromatic heterocycles. The molecule has 3 nitrogen and oxygen atoms in total. The largest absolute Gasteiger partial charge is 0.512 e. The summed E-state index contributed by atoms with van der Waals surface area (Å²) in [7, 11) is -2.75. The van der Waals surface area contributed by atoms with Crippen molar-refractivity contribution < 1.29 is 13.3 Å². The molecule has 1 fully saturated rings. The second kappa shape index (κ2) is 5.91. The predicted molar refractivity (Wildman–Crippen MR) is 83.6 cm³/mol. The van der Waals surface area contributed by atoms with Crippen LogP contribution in [0.5, 0.6) is 0 Å². The first-order valence-electron chi connectivity index (χ1n) is 8.01. The molecular weight excluding hydrogens is 268 g/mol. The van der Waals surface area contributed by atoms with Crippen molar-refractivity contribution in [3.8, 4) is 0 Å². The molecule has 0 aromatic carbocycles. The molecule has 0 aliphatic heterocycles. The quantitative estimate of drug-likeness (QED) is 0.518. The van der Waals surface area contributed by atoms with Crippen LogP contribution in [0.3, 0.4) is 0 Å². The first-order chi connectivity index (χ1) is 9.28. The zero-order chi connectivity index (χ0) is 15.0. The van der Waals surface area contributed by atoms with E-state index in [0.29, 0.717) is 5.92 Å². The predicted octanol–water partition coefficient (Wildman–Crippen LogP) is 4.31. The topological polar surface area (TPSA) is 27.7 Å². The highest BCUT2D eigenvalue weighted by Gasteiger charge is 2.65. The van der Waals surface area contributed by atoms with Gasteiger partial charge in [0.15, 0.2) is 0 Å². The van der Waals surface area contributed by atoms with Crippen LogP contribution in [0.15, 0.2) is 12.2 Å². The Kier molecular flexibility index (Phi) is 4.79. The lowest BCUT2D eigenvalue weighted by Gasteiger charge is -2.44. The summed E-state index contributed by atoms with van der Waals surface area (Å²) in [6, 6.07) is 0. The Labute approximate surface area is 125 Å². The Morgan fingerprint density at radius 3 is 1.70 bits per heavy atom. The van der Waals surface area contributed by atoms with Crippen molar-refractivity contribution >= 4 is 8.80 Å². The maximum Gasteiger partial charge on any atom is 0.512 e. The molecule has 0 saturated heterocycles. The van der Waals surface area contributed by atoms with E-state index in [1.807, 2.05) is 0 Å². The van der Waals surface area contributed by atoms with Gasteiger partial charge < -0.3 is 13.3 Å². The third-order valence-electron chi connectivity index (χ3n) is 4.06. The molecule has 0 amide bonds. The third-order valence-corrected chi connectivity index (χ3v) is 8.24. The van der Waals surface area contributed by atoms with Gasteiger partial charge in [0.1, 0.15) is 0 Å². The van der Waals surface area contributed by atoms with Crippen molar-refractivity contribution in [1.29, 1.82) is 0 Å². The first-order valence-corrected chi connectivity index (χ1v) is 9.74. The van der Waals surface area contributed by atoms with Crippen LogP contribution >= 0.6 is 0 Å². The Morgan fingerprint density at radius 2 is 1.45 bits per heavy atom. The maximum absolute atomic E-state index is 6.41. The van der Waals surface area contributed by atoms with E-state index in [9.17, 15) is 0 Å². The molecule has 2 rings (SSSR count). The van der Waals surface area contributed by atoms with Crippen LogP contribution in [0.1, 0.15) is 60.8 Å². The van der Waals surface area contributed by atoms with Crippen LogP contribution in [0.25, 0.3) is 0 Å². The van der Waals surface area contributed by atoms with Gasteiger partial charge in [-0.3, -0.25) is 0 Å². The Hall–Kier alpha value is -0.163. The molecule has 0 spiro atoms. The Balaban J connectivity index is 2.36. The number of rotatable bonds is 7. The molecule has 20 heavy (non-hydrogen) atoms. The number of hydrogen-bond acceptors (Lipinski definition) is 3. The van der Waals surface area contributed by atoms with Crippen LogP contribution in [0.4, 0.5) is 0 Å². The Morgan fingerprint density at radius 1 is 0.950 bits per heavy atom. The number of fused-ring (bicyclic) bond motifs is 2. The first kappa shape index (κ1) is 16.2. The monoisotopic (exact) mass is 298 g/mol. The fourth-order valence-electron chi connectivity index (χ4n) is 3.50. The van der Waals surface area contributed by atoms with Gasteiger partial charge in [0.25, 0.3) is 0 Å². The smallest absolute Gasteiger partial charge is 0.370 e. The zero-order valence-corrected chi connectivity index (χ0v) is 14.8. The molecule has 2 unspecified atom stereocenters. The summed E-state index contributed by atoms with van der Waals surface area (Å²) in [5.74, 6) is 0.698. The van der Waals surface area contributed by atoms with Crippen molar-refractivity contribution in [2.75, 3.05) is 0 Å². The normalized spacial score (nSPS) is 29.4. The van der Waals surface area contributed by atoms with Gasteiger partial charge >= 0.3 is 8.80 Å². The lowest BCUT2D eigenvalue weighted by atomic mass is 10.1. The average molecular weight is 298 g/mol. The molecule has 0 aromatic rings. The fraction of sp³-hybridized carbons (Fsp3) is 0.875. The summed E-state index contributed by atoms with van der Waals surface area (Å²) >= 11 is 0. The highest BCUT2D eigenvalue weighted by atomic mass is 28.4. The summed E-state index contributed by atoms with van der Waals surface area (Å²) in [5.41, 5.74) is 0. The van der Waals surface area contributed by atoms with Gasteiger partial charge in [-0.1, -0.05) is 12.2 Å². The van der Waals surface area contributed by atoms with Gasteiger partial charge in [-0.05, 0) is 66.7 Å². The van der Waals surface area contributed by atoms with Crippen molar-refractivity contribution in [1.82, 2.24) is 0 Å². The molecule has 0 heterocycles. The number of allylic oxidation sites excluding steroid dienone is 2. The van der Waals surface area contributed by atoms with Crippen LogP contribution < -0.4 is 0 Å². The van der Waals surface area contributed by atoms with Crippen LogP contribution in [-0.4, -0.2) is 27.1 Å². The van der Waals surface area contributed by atoms with E-state index < -0.39 is 8.80 Å². The molecule has 4 heteroatoms. The third kappa shape index (κ3) is 3.03. The summed E-state index contributed by atoms with van der Waals surface area (Å²) < 4.78 is 19.2. The second-order valence-electron chi connectivity index (χ2n) is 7.07. The molecule has 0 N–H and O–H groups in total. The molecule has 2 aliphatic carbocycles. The van der Waals surface area contributed by atoms with E-state index in [1.54, 1.807) is 0 Å². The molecule has 116 valence electrons. The molecule has 0 radical (unpaired) electrons. The van der Waals surface area contributed by atoms with Crippen molar-refractivity contribution in [3.05, 3.63) is 12.2 Å². The van der Waals surface area contributed by atoms with Gasteiger partial charge in [0, 0.05) is 18.3 Å². The minimum atomic E-state index is -2.75. The van der Waals surface area contributed by atoms with Crippen molar-refractivity contribution in [3.63, 3.8) is 0 Å². The van der Waals surface area contributed by atoms with Crippen LogP contribution in [-0.2, 0) is 13.3 Å². The van der Waals surface area contributed by atoms with E-state index in [1.165, 1.54) is 6.42 Å². The van der Waals surface area contributed by atoms with E-state index in [0.717, 1.165) is 12.8 Å². The van der Waals surface area contributed by atoms with E-state index >= 15 is 0 Å². The van der Waals surface area contributed by atoms with Crippen molar-refractivity contribution in [2.24, 2.45) is 5.92 Å². The minimum Gasteiger partial charge on any atom is -0.370 e. The van der Waals surface area contributed by atoms with Crippen LogP contribution in [0, 0.1) is 5.92 Å². The minimum absolute atomic E-state index is 0.0104. The maximum atomic E-state index is 6.41. The highest BCUT2D eigenvalue weighted by Crippen LogP contribution is 2.61. The highest BCUT2D eigenvalue weighted by molar-refractivity contribution is 6.65. The summed E-state index contributed by atoms with van der Waals surface area (Å²) in [6.07, 6.45) is 8.61. The molecule has 2 aliphatic rings. The fourth-order valence-corrected chi connectivity index (χ4v) is 7.49. The van der Waals surface area contributed by atoms with Gasteiger partial charge in [-0.15, -0.1) is 0 Å². The molecule has 1 saturated carbocycles. The Bertz CT molecular complexity index is 338.